The van der Waals surface area contributed by atoms with E-state index in [1.807, 2.05) is 24.4 Å². The maximum absolute atomic E-state index is 12.4. The first-order valence-corrected chi connectivity index (χ1v) is 9.50. The number of benzene rings is 1. The number of fused-ring (bicyclic) bond motifs is 1. The molecule has 0 unspecified atom stereocenters. The summed E-state index contributed by atoms with van der Waals surface area (Å²) >= 11 is 2.98. The first-order chi connectivity index (χ1) is 12.0. The van der Waals surface area contributed by atoms with Gasteiger partial charge in [0.15, 0.2) is 0 Å². The van der Waals surface area contributed by atoms with Gasteiger partial charge in [-0.25, -0.2) is 4.98 Å². The molecule has 25 heavy (non-hydrogen) atoms. The normalized spacial score (nSPS) is 11.2. The van der Waals surface area contributed by atoms with Crippen LogP contribution in [0.1, 0.15) is 26.5 Å². The Labute approximate surface area is 153 Å². The second-order valence-electron chi connectivity index (χ2n) is 5.91. The first-order valence-electron chi connectivity index (χ1n) is 7.81. The third-order valence-corrected chi connectivity index (χ3v) is 5.85. The molecule has 4 aromatic rings. The number of nitrogens with one attached hydrogen (secondary N) is 1. The molecule has 3 aromatic heterocycles. The van der Waals surface area contributed by atoms with E-state index in [1.54, 1.807) is 22.1 Å². The second kappa shape index (κ2) is 6.09. The van der Waals surface area contributed by atoms with Gasteiger partial charge in [0.1, 0.15) is 5.82 Å². The minimum absolute atomic E-state index is 0.135. The lowest BCUT2D eigenvalue weighted by Gasteiger charge is -2.04. The van der Waals surface area contributed by atoms with Crippen LogP contribution in [-0.4, -0.2) is 20.7 Å². The van der Waals surface area contributed by atoms with Crippen molar-refractivity contribution in [2.45, 2.75) is 20.8 Å². The Bertz CT molecular complexity index is 1040. The number of anilines is 1. The quantitative estimate of drug-likeness (QED) is 0.569. The monoisotopic (exact) mass is 368 g/mol. The summed E-state index contributed by atoms with van der Waals surface area (Å²) in [5.74, 6) is 0.493. The van der Waals surface area contributed by atoms with E-state index in [2.05, 4.69) is 36.4 Å². The summed E-state index contributed by atoms with van der Waals surface area (Å²) in [4.78, 5) is 17.7. The molecular weight excluding hydrogens is 352 g/mol. The lowest BCUT2D eigenvalue weighted by molar-refractivity contribution is 0.103. The van der Waals surface area contributed by atoms with Crippen molar-refractivity contribution in [2.24, 2.45) is 0 Å². The summed E-state index contributed by atoms with van der Waals surface area (Å²) < 4.78 is 2.82. The highest BCUT2D eigenvalue weighted by Gasteiger charge is 2.16. The Hall–Kier alpha value is -2.51. The SMILES string of the molecule is Cc1cc(NC(=O)c2cccs2)n(-c2nc3cc(C)c(C)cc3s2)n1. The highest BCUT2D eigenvalue weighted by atomic mass is 32.1. The van der Waals surface area contributed by atoms with Crippen molar-refractivity contribution in [1.29, 1.82) is 0 Å². The number of aryl methyl sites for hydroxylation is 3. The van der Waals surface area contributed by atoms with Crippen molar-refractivity contribution < 1.29 is 4.79 Å². The van der Waals surface area contributed by atoms with E-state index in [9.17, 15) is 4.79 Å². The summed E-state index contributed by atoms with van der Waals surface area (Å²) in [5.41, 5.74) is 4.23. The van der Waals surface area contributed by atoms with Gasteiger partial charge in [0.25, 0.3) is 5.91 Å². The van der Waals surface area contributed by atoms with Gasteiger partial charge in [0.05, 0.1) is 20.8 Å². The Kier molecular flexibility index (Phi) is 3.89. The average Bonchev–Trinajstić information content (AvgIpc) is 3.27. The number of thiophene rings is 1. The van der Waals surface area contributed by atoms with Gasteiger partial charge in [-0.05, 0) is 55.5 Å². The second-order valence-corrected chi connectivity index (χ2v) is 7.87. The molecule has 1 N–H and O–H groups in total. The van der Waals surface area contributed by atoms with Gasteiger partial charge in [-0.3, -0.25) is 4.79 Å². The van der Waals surface area contributed by atoms with E-state index in [0.29, 0.717) is 10.7 Å². The molecule has 7 heteroatoms. The minimum atomic E-state index is -0.135. The van der Waals surface area contributed by atoms with Gasteiger partial charge >= 0.3 is 0 Å². The molecule has 3 heterocycles. The highest BCUT2D eigenvalue weighted by Crippen LogP contribution is 2.29. The molecule has 0 spiro atoms. The molecule has 4 rings (SSSR count). The van der Waals surface area contributed by atoms with Crippen molar-refractivity contribution in [1.82, 2.24) is 14.8 Å². The highest BCUT2D eigenvalue weighted by molar-refractivity contribution is 7.20. The summed E-state index contributed by atoms with van der Waals surface area (Å²) in [5, 5.41) is 10.1. The van der Waals surface area contributed by atoms with Gasteiger partial charge in [0, 0.05) is 6.07 Å². The first kappa shape index (κ1) is 16.0. The van der Waals surface area contributed by atoms with Gasteiger partial charge in [-0.1, -0.05) is 17.4 Å². The van der Waals surface area contributed by atoms with Crippen molar-refractivity contribution >= 4 is 44.6 Å². The molecule has 0 aliphatic rings. The number of carbonyl (C=O) groups is 1. The minimum Gasteiger partial charge on any atom is -0.306 e. The number of nitrogens with zero attached hydrogens (tertiary/aromatic N) is 3. The summed E-state index contributed by atoms with van der Waals surface area (Å²) in [6.45, 7) is 6.08. The number of thiazole rings is 1. The zero-order valence-corrected chi connectivity index (χ0v) is 15.7. The maximum Gasteiger partial charge on any atom is 0.266 e. The Morgan fingerprint density at radius 3 is 2.72 bits per heavy atom. The van der Waals surface area contributed by atoms with Crippen LogP contribution >= 0.6 is 22.7 Å². The van der Waals surface area contributed by atoms with E-state index < -0.39 is 0 Å². The predicted molar refractivity (Wildman–Crippen MR) is 103 cm³/mol. The van der Waals surface area contributed by atoms with Crippen LogP contribution in [0.4, 0.5) is 5.82 Å². The zero-order chi connectivity index (χ0) is 17.6. The molecule has 126 valence electrons. The molecule has 0 saturated carbocycles. The third-order valence-electron chi connectivity index (χ3n) is 3.99. The molecule has 0 saturated heterocycles. The van der Waals surface area contributed by atoms with Crippen LogP contribution in [-0.2, 0) is 0 Å². The van der Waals surface area contributed by atoms with Crippen LogP contribution in [0, 0.1) is 20.8 Å². The lowest BCUT2D eigenvalue weighted by Crippen LogP contribution is -2.13. The number of amides is 1. The van der Waals surface area contributed by atoms with Crippen molar-refractivity contribution in [2.75, 3.05) is 5.32 Å². The van der Waals surface area contributed by atoms with E-state index >= 15 is 0 Å². The fraction of sp³-hybridized carbons (Fsp3) is 0.167. The Balaban J connectivity index is 1.74. The Morgan fingerprint density at radius 1 is 1.16 bits per heavy atom. The fourth-order valence-electron chi connectivity index (χ4n) is 2.58. The molecule has 0 radical (unpaired) electrons. The summed E-state index contributed by atoms with van der Waals surface area (Å²) in [6, 6.07) is 9.75. The van der Waals surface area contributed by atoms with Crippen molar-refractivity contribution in [3.05, 3.63) is 57.4 Å². The van der Waals surface area contributed by atoms with Crippen LogP contribution in [0.25, 0.3) is 15.3 Å². The summed E-state index contributed by atoms with van der Waals surface area (Å²) in [7, 11) is 0. The molecule has 1 aromatic carbocycles. The number of aromatic nitrogens is 3. The van der Waals surface area contributed by atoms with Crippen LogP contribution in [0.15, 0.2) is 35.7 Å². The van der Waals surface area contributed by atoms with Crippen LogP contribution in [0.2, 0.25) is 0 Å². The smallest absolute Gasteiger partial charge is 0.266 e. The molecule has 0 aliphatic carbocycles. The topological polar surface area (TPSA) is 59.8 Å². The molecule has 0 fully saturated rings. The van der Waals surface area contributed by atoms with Gasteiger partial charge in [-0.15, -0.1) is 11.3 Å². The lowest BCUT2D eigenvalue weighted by atomic mass is 10.1. The molecule has 1 amide bonds. The number of rotatable bonds is 3. The molecule has 0 aliphatic heterocycles. The van der Waals surface area contributed by atoms with Gasteiger partial charge in [0.2, 0.25) is 5.13 Å². The van der Waals surface area contributed by atoms with Gasteiger partial charge < -0.3 is 5.32 Å². The van der Waals surface area contributed by atoms with Crippen LogP contribution in [0.5, 0.6) is 0 Å². The van der Waals surface area contributed by atoms with E-state index in [4.69, 9.17) is 4.98 Å². The zero-order valence-electron chi connectivity index (χ0n) is 14.0. The van der Waals surface area contributed by atoms with E-state index in [-0.39, 0.29) is 5.91 Å². The van der Waals surface area contributed by atoms with E-state index in [0.717, 1.165) is 21.0 Å². The number of hydrogen-bond donors (Lipinski definition) is 1. The standard InChI is InChI=1S/C18H16N4OS2/c1-10-7-13-15(8-11(10)2)25-18(19-13)22-16(9-12(3)21-22)20-17(23)14-5-4-6-24-14/h4-9H,1-3H3,(H,20,23). The fourth-order valence-corrected chi connectivity index (χ4v) is 4.21. The molecule has 0 atom stereocenters. The predicted octanol–water partition coefficient (Wildman–Crippen LogP) is 4.72. The summed E-state index contributed by atoms with van der Waals surface area (Å²) in [6.07, 6.45) is 0. The van der Waals surface area contributed by atoms with Crippen LogP contribution in [0.3, 0.4) is 0 Å². The van der Waals surface area contributed by atoms with Crippen molar-refractivity contribution in [3.63, 3.8) is 0 Å². The van der Waals surface area contributed by atoms with Crippen molar-refractivity contribution in [3.8, 4) is 5.13 Å². The molecular formula is C18H16N4OS2. The third kappa shape index (κ3) is 2.96. The molecule has 0 bridgehead atoms. The maximum atomic E-state index is 12.4. The van der Waals surface area contributed by atoms with E-state index in [1.165, 1.54) is 22.5 Å². The Morgan fingerprint density at radius 2 is 1.96 bits per heavy atom. The number of hydrogen-bond acceptors (Lipinski definition) is 5. The van der Waals surface area contributed by atoms with Gasteiger partial charge in [-0.2, -0.15) is 9.78 Å². The van der Waals surface area contributed by atoms with Crippen LogP contribution < -0.4 is 5.32 Å². The largest absolute Gasteiger partial charge is 0.306 e. The number of carbonyl (C=O) groups excluding carboxylic acids is 1. The average molecular weight is 368 g/mol. The molecule has 5 nitrogen and oxygen atoms in total.